The summed E-state index contributed by atoms with van der Waals surface area (Å²) in [5.41, 5.74) is 0. The van der Waals surface area contributed by atoms with Crippen LogP contribution in [0.1, 0.15) is 24.6 Å². The van der Waals surface area contributed by atoms with Gasteiger partial charge >= 0.3 is 0 Å². The van der Waals surface area contributed by atoms with Gasteiger partial charge < -0.3 is 0 Å². The summed E-state index contributed by atoms with van der Waals surface area (Å²) in [6.45, 7) is 5.63. The maximum absolute atomic E-state index is 14.0. The average molecular weight is 474 g/mol. The third-order valence-corrected chi connectivity index (χ3v) is 7.84. The molecule has 7 nitrogen and oxygen atoms in total. The van der Waals surface area contributed by atoms with E-state index in [9.17, 15) is 21.6 Å². The maximum Gasteiger partial charge on any atom is 0.246 e. The fourth-order valence-corrected chi connectivity index (χ4v) is 5.39. The van der Waals surface area contributed by atoms with Crippen LogP contribution in [0.5, 0.6) is 0 Å². The molecule has 1 aliphatic carbocycles. The predicted octanol–water partition coefficient (Wildman–Crippen LogP) is 2.86. The third kappa shape index (κ3) is 4.21. The minimum Gasteiger partial charge on any atom is -0.300 e. The zero-order valence-electron chi connectivity index (χ0n) is 16.7. The lowest BCUT2D eigenvalue weighted by Crippen LogP contribution is -2.49. The number of piperazine rings is 1. The van der Waals surface area contributed by atoms with Crippen LogP contribution in [0, 0.1) is 22.2 Å². The predicted molar refractivity (Wildman–Crippen MR) is 110 cm³/mol. The van der Waals surface area contributed by atoms with Crippen molar-refractivity contribution in [2.45, 2.75) is 36.9 Å². The first-order valence-electron chi connectivity index (χ1n) is 9.88. The molecule has 1 aromatic carbocycles. The summed E-state index contributed by atoms with van der Waals surface area (Å²) < 4.78 is 71.5. The zero-order valence-corrected chi connectivity index (χ0v) is 18.3. The summed E-state index contributed by atoms with van der Waals surface area (Å²) in [5.74, 6) is -3.57. The van der Waals surface area contributed by atoms with Crippen LogP contribution in [0.2, 0.25) is 0 Å². The number of sulfonamides is 1. The molecule has 31 heavy (non-hydrogen) atoms. The Morgan fingerprint density at radius 2 is 1.81 bits per heavy atom. The third-order valence-electron chi connectivity index (χ3n) is 5.49. The van der Waals surface area contributed by atoms with Gasteiger partial charge in [-0.1, -0.05) is 6.08 Å². The van der Waals surface area contributed by atoms with E-state index in [1.54, 1.807) is 10.8 Å². The highest BCUT2D eigenvalue weighted by Crippen LogP contribution is 2.39. The Morgan fingerprint density at radius 1 is 1.13 bits per heavy atom. The number of nitrogens with zero attached hydrogens (tertiary/aromatic N) is 5. The van der Waals surface area contributed by atoms with Crippen molar-refractivity contribution in [3.63, 3.8) is 0 Å². The van der Waals surface area contributed by atoms with Crippen LogP contribution in [-0.2, 0) is 23.2 Å². The van der Waals surface area contributed by atoms with E-state index in [0.29, 0.717) is 43.1 Å². The monoisotopic (exact) mass is 473 g/mol. The first-order chi connectivity index (χ1) is 14.7. The molecular formula is C19H22F3N5O2S2. The molecule has 0 unspecified atom stereocenters. The number of benzene rings is 1. The molecule has 1 saturated carbocycles. The number of halogens is 3. The van der Waals surface area contributed by atoms with Gasteiger partial charge in [0.1, 0.15) is 10.7 Å². The number of aromatic nitrogens is 3. The molecule has 1 saturated heterocycles. The fraction of sp³-hybridized carbons (Fsp3) is 0.474. The van der Waals surface area contributed by atoms with Crippen molar-refractivity contribution in [3.8, 4) is 0 Å². The van der Waals surface area contributed by atoms with E-state index in [0.717, 1.165) is 29.0 Å². The summed E-state index contributed by atoms with van der Waals surface area (Å²) in [5, 5.41) is 4.66. The molecule has 2 aliphatic rings. The second-order valence-electron chi connectivity index (χ2n) is 7.65. The van der Waals surface area contributed by atoms with Crippen LogP contribution < -0.4 is 0 Å². The summed E-state index contributed by atoms with van der Waals surface area (Å²) in [6.07, 6.45) is 3.94. The molecule has 1 aromatic heterocycles. The normalized spacial score (nSPS) is 18.4. The van der Waals surface area contributed by atoms with E-state index in [1.807, 2.05) is 9.47 Å². The molecule has 0 atom stereocenters. The largest absolute Gasteiger partial charge is 0.300 e. The Labute approximate surface area is 183 Å². The second kappa shape index (κ2) is 8.49. The smallest absolute Gasteiger partial charge is 0.246 e. The van der Waals surface area contributed by atoms with Gasteiger partial charge in [0, 0.05) is 38.6 Å². The van der Waals surface area contributed by atoms with Crippen molar-refractivity contribution in [1.29, 1.82) is 0 Å². The fourth-order valence-electron chi connectivity index (χ4n) is 3.64. The molecule has 2 fully saturated rings. The highest BCUT2D eigenvalue weighted by atomic mass is 32.2. The van der Waals surface area contributed by atoms with Crippen LogP contribution in [0.3, 0.4) is 0 Å². The number of hydrogen-bond acceptors (Lipinski definition) is 5. The molecule has 2 heterocycles. The highest BCUT2D eigenvalue weighted by Gasteiger charge is 2.33. The van der Waals surface area contributed by atoms with Crippen LogP contribution in [0.4, 0.5) is 13.2 Å². The number of allylic oxidation sites excluding steroid dienone is 1. The van der Waals surface area contributed by atoms with Crippen LogP contribution in [-0.4, -0.2) is 58.1 Å². The molecule has 0 bridgehead atoms. The van der Waals surface area contributed by atoms with E-state index < -0.39 is 32.4 Å². The lowest BCUT2D eigenvalue weighted by atomic mass is 10.3. The minimum absolute atomic E-state index is 0.0803. The quantitative estimate of drug-likeness (QED) is 0.352. The summed E-state index contributed by atoms with van der Waals surface area (Å²) in [6, 6.07) is 1.36. The second-order valence-corrected chi connectivity index (χ2v) is 9.92. The molecule has 168 valence electrons. The zero-order chi connectivity index (χ0) is 22.3. The average Bonchev–Trinajstić information content (AvgIpc) is 3.54. The lowest BCUT2D eigenvalue weighted by molar-refractivity contribution is 0.144. The Morgan fingerprint density at radius 3 is 2.42 bits per heavy atom. The highest BCUT2D eigenvalue weighted by molar-refractivity contribution is 7.89. The lowest BCUT2D eigenvalue weighted by Gasteiger charge is -2.33. The van der Waals surface area contributed by atoms with Gasteiger partial charge in [0.25, 0.3) is 0 Å². The molecule has 0 radical (unpaired) electrons. The summed E-state index contributed by atoms with van der Waals surface area (Å²) in [4.78, 5) is 1.13. The standard InChI is InChI=1S/C19H22F3N5O2S2/c1-2-7-26-18(13-3-4-13)23-27(19(26)30)12-24-8-10-25(11-9-24)31(28,29)15-6-5-14(20)16(21)17(15)22/h2,5-6,13H,1,3-4,7-12H2. The summed E-state index contributed by atoms with van der Waals surface area (Å²) in [7, 11) is -4.28. The van der Waals surface area contributed by atoms with Gasteiger partial charge in [-0.3, -0.25) is 9.47 Å². The van der Waals surface area contributed by atoms with Gasteiger partial charge in [-0.2, -0.15) is 9.40 Å². The first kappa shape index (κ1) is 22.2. The van der Waals surface area contributed by atoms with Gasteiger partial charge in [-0.05, 0) is 37.2 Å². The van der Waals surface area contributed by atoms with Crippen molar-refractivity contribution < 1.29 is 21.6 Å². The Bertz CT molecular complexity index is 1170. The molecule has 0 N–H and O–H groups in total. The van der Waals surface area contributed by atoms with Crippen molar-refractivity contribution >= 4 is 22.2 Å². The number of hydrogen-bond donors (Lipinski definition) is 0. The molecule has 4 rings (SSSR count). The molecule has 0 spiro atoms. The summed E-state index contributed by atoms with van der Waals surface area (Å²) >= 11 is 5.55. The van der Waals surface area contributed by atoms with Crippen LogP contribution >= 0.6 is 12.2 Å². The Hall–Kier alpha value is -2.02. The molecular weight excluding hydrogens is 451 g/mol. The van der Waals surface area contributed by atoms with Crippen LogP contribution in [0.25, 0.3) is 0 Å². The maximum atomic E-state index is 14.0. The molecule has 0 amide bonds. The van der Waals surface area contributed by atoms with Gasteiger partial charge in [-0.25, -0.2) is 26.3 Å². The first-order valence-corrected chi connectivity index (χ1v) is 11.7. The Balaban J connectivity index is 1.46. The molecule has 1 aliphatic heterocycles. The SMILES string of the molecule is C=CCn1c(C2CC2)nn(CN2CCN(S(=O)(=O)c3ccc(F)c(F)c3F)CC2)c1=S. The Kier molecular flexibility index (Phi) is 6.08. The molecule has 2 aromatic rings. The van der Waals surface area contributed by atoms with E-state index in [1.165, 1.54) is 0 Å². The van der Waals surface area contributed by atoms with Gasteiger partial charge in [0.05, 0.1) is 6.67 Å². The van der Waals surface area contributed by atoms with Crippen molar-refractivity contribution in [2.75, 3.05) is 26.2 Å². The number of rotatable bonds is 7. The van der Waals surface area contributed by atoms with E-state index in [2.05, 4.69) is 11.7 Å². The minimum atomic E-state index is -4.28. The van der Waals surface area contributed by atoms with E-state index in [-0.39, 0.29) is 13.1 Å². The van der Waals surface area contributed by atoms with E-state index in [4.69, 9.17) is 12.2 Å². The van der Waals surface area contributed by atoms with Gasteiger partial charge in [-0.15, -0.1) is 6.58 Å². The van der Waals surface area contributed by atoms with Gasteiger partial charge in [0.2, 0.25) is 10.0 Å². The van der Waals surface area contributed by atoms with Crippen molar-refractivity contribution in [3.05, 3.63) is 52.8 Å². The van der Waals surface area contributed by atoms with Crippen molar-refractivity contribution in [1.82, 2.24) is 23.6 Å². The van der Waals surface area contributed by atoms with Gasteiger partial charge in [0.15, 0.2) is 22.2 Å². The molecule has 12 heteroatoms. The van der Waals surface area contributed by atoms with E-state index >= 15 is 0 Å². The van der Waals surface area contributed by atoms with Crippen LogP contribution in [0.15, 0.2) is 29.7 Å². The van der Waals surface area contributed by atoms with Crippen molar-refractivity contribution in [2.24, 2.45) is 0 Å². The topological polar surface area (TPSA) is 63.4 Å².